The van der Waals surface area contributed by atoms with Crippen LogP contribution >= 0.6 is 0 Å². The Balaban J connectivity index is 2.94. The summed E-state index contributed by atoms with van der Waals surface area (Å²) in [5, 5.41) is 25.3. The number of carbonyl (C=O) groups is 2. The fourth-order valence-electron chi connectivity index (χ4n) is 1.18. The van der Waals surface area contributed by atoms with Gasteiger partial charge in [-0.15, -0.1) is 5.11 Å². The second-order valence-electron chi connectivity index (χ2n) is 3.54. The molecule has 0 saturated heterocycles. The van der Waals surface area contributed by atoms with E-state index in [1.54, 1.807) is 0 Å². The van der Waals surface area contributed by atoms with Crippen molar-refractivity contribution in [2.45, 2.75) is 13.8 Å². The van der Waals surface area contributed by atoms with E-state index < -0.39 is 11.8 Å². The molecule has 94 valence electrons. The van der Waals surface area contributed by atoms with Gasteiger partial charge >= 0.3 is 5.97 Å². The number of allylic oxidation sites excluding steroid dienone is 2. The Morgan fingerprint density at radius 2 is 1.61 bits per heavy atom. The van der Waals surface area contributed by atoms with Gasteiger partial charge in [0, 0.05) is 6.92 Å². The first-order valence-corrected chi connectivity index (χ1v) is 5.07. The number of aliphatic hydroxyl groups excluding tert-OH is 1. The molecule has 0 radical (unpaired) electrons. The van der Waals surface area contributed by atoms with Crippen molar-refractivity contribution in [2.24, 2.45) is 10.2 Å². The van der Waals surface area contributed by atoms with E-state index in [1.807, 2.05) is 0 Å². The van der Waals surface area contributed by atoms with Crippen molar-refractivity contribution in [3.63, 3.8) is 0 Å². The minimum Gasteiger partial charge on any atom is -0.510 e. The van der Waals surface area contributed by atoms with Crippen LogP contribution in [-0.4, -0.2) is 22.0 Å². The standard InChI is InChI=1S/C12H12N2O4/c1-7(15)11(8(2)16)14-13-10-5-3-9(4-6-10)12(17)18/h3-6,15H,1-2H3,(H,17,18)/b11-7+,14-13?. The van der Waals surface area contributed by atoms with E-state index in [2.05, 4.69) is 10.2 Å². The highest BCUT2D eigenvalue weighted by molar-refractivity contribution is 5.93. The normalized spacial score (nSPS) is 12.3. The maximum absolute atomic E-state index is 11.1. The number of rotatable bonds is 4. The van der Waals surface area contributed by atoms with E-state index >= 15 is 0 Å². The zero-order valence-electron chi connectivity index (χ0n) is 9.91. The molecule has 0 aliphatic heterocycles. The van der Waals surface area contributed by atoms with Crippen LogP contribution in [0.15, 0.2) is 46.0 Å². The van der Waals surface area contributed by atoms with Crippen LogP contribution in [-0.2, 0) is 4.79 Å². The molecule has 0 aromatic heterocycles. The molecule has 1 aromatic carbocycles. The Kier molecular flexibility index (Phi) is 4.31. The molecule has 1 aromatic rings. The van der Waals surface area contributed by atoms with E-state index in [1.165, 1.54) is 38.1 Å². The molecule has 0 aliphatic rings. The summed E-state index contributed by atoms with van der Waals surface area (Å²) in [5.41, 5.74) is 0.395. The van der Waals surface area contributed by atoms with Crippen molar-refractivity contribution >= 4 is 17.4 Å². The van der Waals surface area contributed by atoms with Crippen LogP contribution in [0.1, 0.15) is 24.2 Å². The molecule has 2 N–H and O–H groups in total. The van der Waals surface area contributed by atoms with Gasteiger partial charge in [0.1, 0.15) is 5.76 Å². The molecule has 18 heavy (non-hydrogen) atoms. The van der Waals surface area contributed by atoms with Crippen LogP contribution in [0.5, 0.6) is 0 Å². The lowest BCUT2D eigenvalue weighted by atomic mass is 10.2. The zero-order chi connectivity index (χ0) is 13.7. The van der Waals surface area contributed by atoms with Crippen molar-refractivity contribution in [3.8, 4) is 0 Å². The van der Waals surface area contributed by atoms with Gasteiger partial charge in [0.25, 0.3) is 0 Å². The average Bonchev–Trinajstić information content (AvgIpc) is 2.28. The summed E-state index contributed by atoms with van der Waals surface area (Å²) >= 11 is 0. The van der Waals surface area contributed by atoms with Gasteiger partial charge in [-0.25, -0.2) is 4.79 Å². The summed E-state index contributed by atoms with van der Waals surface area (Å²) in [6.45, 7) is 2.60. The summed E-state index contributed by atoms with van der Waals surface area (Å²) < 4.78 is 0. The summed E-state index contributed by atoms with van der Waals surface area (Å²) in [4.78, 5) is 21.7. The number of hydrogen-bond donors (Lipinski definition) is 2. The number of benzene rings is 1. The lowest BCUT2D eigenvalue weighted by molar-refractivity contribution is -0.113. The molecule has 6 nitrogen and oxygen atoms in total. The molecule has 0 bridgehead atoms. The molecule has 1 rings (SSSR count). The SMILES string of the molecule is CC(=O)/C(N=Nc1ccc(C(=O)O)cc1)=C(/C)O. The smallest absolute Gasteiger partial charge is 0.335 e. The molecule has 0 fully saturated rings. The number of carboxylic acid groups (broad SMARTS) is 1. The maximum Gasteiger partial charge on any atom is 0.335 e. The lowest BCUT2D eigenvalue weighted by Crippen LogP contribution is -1.96. The van der Waals surface area contributed by atoms with Gasteiger partial charge < -0.3 is 10.2 Å². The third-order valence-electron chi connectivity index (χ3n) is 2.06. The summed E-state index contributed by atoms with van der Waals surface area (Å²) in [6, 6.07) is 5.66. The van der Waals surface area contributed by atoms with E-state index in [4.69, 9.17) is 5.11 Å². The minimum absolute atomic E-state index is 0.127. The number of nitrogens with zero attached hydrogens (tertiary/aromatic N) is 2. The summed E-state index contributed by atoms with van der Waals surface area (Å²) in [5.74, 6) is -1.65. The van der Waals surface area contributed by atoms with Gasteiger partial charge in [-0.05, 0) is 31.2 Å². The molecule has 0 heterocycles. The van der Waals surface area contributed by atoms with Crippen molar-refractivity contribution < 1.29 is 19.8 Å². The number of carbonyl (C=O) groups excluding carboxylic acids is 1. The van der Waals surface area contributed by atoms with Crippen molar-refractivity contribution in [1.29, 1.82) is 0 Å². The zero-order valence-corrected chi connectivity index (χ0v) is 9.91. The van der Waals surface area contributed by atoms with Crippen molar-refractivity contribution in [2.75, 3.05) is 0 Å². The molecule has 0 aliphatic carbocycles. The highest BCUT2D eigenvalue weighted by Gasteiger charge is 2.06. The first-order valence-electron chi connectivity index (χ1n) is 5.07. The number of carboxylic acids is 1. The number of aromatic carboxylic acids is 1. The van der Waals surface area contributed by atoms with E-state index in [0.29, 0.717) is 5.69 Å². The van der Waals surface area contributed by atoms with Gasteiger partial charge in [0.05, 0.1) is 11.3 Å². The lowest BCUT2D eigenvalue weighted by Gasteiger charge is -1.97. The first-order chi connectivity index (χ1) is 8.41. The number of ketones is 1. The van der Waals surface area contributed by atoms with Crippen LogP contribution in [0.2, 0.25) is 0 Å². The monoisotopic (exact) mass is 248 g/mol. The molecule has 0 atom stereocenters. The molecule has 0 saturated carbocycles. The Morgan fingerprint density at radius 1 is 1.06 bits per heavy atom. The number of aliphatic hydroxyl groups is 1. The predicted molar refractivity (Wildman–Crippen MR) is 63.9 cm³/mol. The first kappa shape index (κ1) is 13.6. The molecular formula is C12H12N2O4. The molecule has 0 unspecified atom stereocenters. The molecular weight excluding hydrogens is 236 g/mol. The Bertz CT molecular complexity index is 526. The average molecular weight is 248 g/mol. The molecule has 0 spiro atoms. The predicted octanol–water partition coefficient (Wildman–Crippen LogP) is 2.85. The fourth-order valence-corrected chi connectivity index (χ4v) is 1.18. The van der Waals surface area contributed by atoms with E-state index in [0.717, 1.165) is 0 Å². The second kappa shape index (κ2) is 5.72. The van der Waals surface area contributed by atoms with Gasteiger partial charge in [-0.2, -0.15) is 5.11 Å². The minimum atomic E-state index is -1.03. The van der Waals surface area contributed by atoms with E-state index in [9.17, 15) is 14.7 Å². The molecule has 0 amide bonds. The van der Waals surface area contributed by atoms with Crippen LogP contribution in [0.25, 0.3) is 0 Å². The Morgan fingerprint density at radius 3 is 2.00 bits per heavy atom. The third-order valence-corrected chi connectivity index (χ3v) is 2.06. The largest absolute Gasteiger partial charge is 0.510 e. The van der Waals surface area contributed by atoms with Crippen LogP contribution in [0, 0.1) is 0 Å². The Hall–Kier alpha value is -2.50. The highest BCUT2D eigenvalue weighted by atomic mass is 16.4. The van der Waals surface area contributed by atoms with Crippen LogP contribution in [0.4, 0.5) is 5.69 Å². The summed E-state index contributed by atoms with van der Waals surface area (Å²) in [7, 11) is 0. The number of hydrogen-bond acceptors (Lipinski definition) is 5. The van der Waals surface area contributed by atoms with E-state index in [-0.39, 0.29) is 17.0 Å². The van der Waals surface area contributed by atoms with Crippen molar-refractivity contribution in [1.82, 2.24) is 0 Å². The van der Waals surface area contributed by atoms with Crippen molar-refractivity contribution in [3.05, 3.63) is 41.3 Å². The second-order valence-corrected chi connectivity index (χ2v) is 3.54. The van der Waals surface area contributed by atoms with Gasteiger partial charge in [-0.1, -0.05) is 0 Å². The quantitative estimate of drug-likeness (QED) is 0.486. The molecule has 6 heteroatoms. The van der Waals surface area contributed by atoms with Gasteiger partial charge in [0.15, 0.2) is 11.5 Å². The number of azo groups is 1. The van der Waals surface area contributed by atoms with Crippen LogP contribution in [0.3, 0.4) is 0 Å². The fraction of sp³-hybridized carbons (Fsp3) is 0.167. The topological polar surface area (TPSA) is 99.3 Å². The number of Topliss-reactive ketones (excluding diaryl/α,β-unsaturated/α-hetero) is 1. The maximum atomic E-state index is 11.1. The van der Waals surface area contributed by atoms with Gasteiger partial charge in [-0.3, -0.25) is 4.79 Å². The summed E-state index contributed by atoms with van der Waals surface area (Å²) in [6.07, 6.45) is 0. The Labute approximate surface area is 103 Å². The highest BCUT2D eigenvalue weighted by Crippen LogP contribution is 2.16. The van der Waals surface area contributed by atoms with Crippen LogP contribution < -0.4 is 0 Å². The van der Waals surface area contributed by atoms with Gasteiger partial charge in [0.2, 0.25) is 0 Å². The third kappa shape index (κ3) is 3.51.